The number of thiophene rings is 1. The normalized spacial score (nSPS) is 14.2. The van der Waals surface area contributed by atoms with E-state index in [-0.39, 0.29) is 0 Å². The minimum absolute atomic E-state index is 0.639. The summed E-state index contributed by atoms with van der Waals surface area (Å²) in [6.45, 7) is 6.03. The summed E-state index contributed by atoms with van der Waals surface area (Å²) in [4.78, 5) is 13.0. The first-order chi connectivity index (χ1) is 10.3. The van der Waals surface area contributed by atoms with E-state index < -0.39 is 0 Å². The van der Waals surface area contributed by atoms with Gasteiger partial charge in [0.2, 0.25) is 0 Å². The Hall–Kier alpha value is -1.62. The van der Waals surface area contributed by atoms with Crippen LogP contribution in [0.3, 0.4) is 0 Å². The van der Waals surface area contributed by atoms with Crippen LogP contribution in [0.15, 0.2) is 23.6 Å². The van der Waals surface area contributed by atoms with Crippen LogP contribution < -0.4 is 10.2 Å². The van der Waals surface area contributed by atoms with Gasteiger partial charge in [0.05, 0.1) is 6.54 Å². The van der Waals surface area contributed by atoms with E-state index in [0.717, 1.165) is 37.0 Å². The maximum atomic E-state index is 4.66. The molecule has 0 aliphatic heterocycles. The summed E-state index contributed by atoms with van der Waals surface area (Å²) in [6, 6.07) is 7.05. The first-order valence-electron chi connectivity index (χ1n) is 7.65. The van der Waals surface area contributed by atoms with Crippen LogP contribution in [-0.4, -0.2) is 22.6 Å². The van der Waals surface area contributed by atoms with Crippen molar-refractivity contribution in [2.75, 3.05) is 16.8 Å². The quantitative estimate of drug-likeness (QED) is 0.844. The maximum absolute atomic E-state index is 4.66. The zero-order valence-electron chi connectivity index (χ0n) is 12.7. The van der Waals surface area contributed by atoms with E-state index in [0.29, 0.717) is 6.04 Å². The van der Waals surface area contributed by atoms with Crippen molar-refractivity contribution in [1.29, 1.82) is 0 Å². The second-order valence-electron chi connectivity index (χ2n) is 5.52. The van der Waals surface area contributed by atoms with Crippen LogP contribution in [0.2, 0.25) is 0 Å². The third-order valence-electron chi connectivity index (χ3n) is 3.57. The molecule has 2 heterocycles. The van der Waals surface area contributed by atoms with Gasteiger partial charge in [-0.3, -0.25) is 0 Å². The number of anilines is 2. The van der Waals surface area contributed by atoms with E-state index in [1.54, 1.807) is 0 Å². The number of aryl methyl sites for hydroxylation is 1. The molecule has 0 bridgehead atoms. The monoisotopic (exact) mass is 302 g/mol. The fourth-order valence-corrected chi connectivity index (χ4v) is 3.10. The minimum Gasteiger partial charge on any atom is -0.370 e. The molecule has 2 aromatic heterocycles. The lowest BCUT2D eigenvalue weighted by atomic mass is 10.3. The molecule has 112 valence electrons. The molecule has 2 aromatic rings. The number of nitrogens with zero attached hydrogens (tertiary/aromatic N) is 3. The Labute approximate surface area is 130 Å². The number of nitrogens with one attached hydrogen (secondary N) is 1. The molecule has 0 amide bonds. The Morgan fingerprint density at radius 1 is 1.38 bits per heavy atom. The van der Waals surface area contributed by atoms with Crippen LogP contribution in [0.1, 0.15) is 36.9 Å². The topological polar surface area (TPSA) is 41.0 Å². The Morgan fingerprint density at radius 2 is 2.24 bits per heavy atom. The van der Waals surface area contributed by atoms with Crippen molar-refractivity contribution < 1.29 is 0 Å². The fraction of sp³-hybridized carbons (Fsp3) is 0.500. The number of hydrogen-bond acceptors (Lipinski definition) is 5. The highest BCUT2D eigenvalue weighted by atomic mass is 32.1. The lowest BCUT2D eigenvalue weighted by Crippen LogP contribution is -2.26. The smallest absolute Gasteiger partial charge is 0.134 e. The molecule has 3 rings (SSSR count). The van der Waals surface area contributed by atoms with Crippen molar-refractivity contribution in [3.63, 3.8) is 0 Å². The van der Waals surface area contributed by atoms with Crippen LogP contribution in [0.4, 0.5) is 11.6 Å². The van der Waals surface area contributed by atoms with E-state index in [2.05, 4.69) is 50.7 Å². The number of hydrogen-bond donors (Lipinski definition) is 1. The molecule has 1 N–H and O–H groups in total. The van der Waals surface area contributed by atoms with Crippen molar-refractivity contribution in [3.05, 3.63) is 34.3 Å². The van der Waals surface area contributed by atoms with Gasteiger partial charge in [-0.25, -0.2) is 9.97 Å². The van der Waals surface area contributed by atoms with Gasteiger partial charge in [-0.05, 0) is 37.6 Å². The van der Waals surface area contributed by atoms with Gasteiger partial charge in [-0.2, -0.15) is 0 Å². The Morgan fingerprint density at radius 3 is 2.90 bits per heavy atom. The molecule has 0 spiro atoms. The van der Waals surface area contributed by atoms with Crippen molar-refractivity contribution in [1.82, 2.24) is 9.97 Å². The van der Waals surface area contributed by atoms with E-state index >= 15 is 0 Å². The molecule has 1 aliphatic rings. The summed E-state index contributed by atoms with van der Waals surface area (Å²) in [7, 11) is 0. The van der Waals surface area contributed by atoms with Crippen LogP contribution in [-0.2, 0) is 6.54 Å². The maximum Gasteiger partial charge on any atom is 0.134 e. The van der Waals surface area contributed by atoms with Gasteiger partial charge in [0.15, 0.2) is 0 Å². The summed E-state index contributed by atoms with van der Waals surface area (Å²) >= 11 is 1.81. The Balaban J connectivity index is 1.82. The molecule has 4 nitrogen and oxygen atoms in total. The molecule has 5 heteroatoms. The lowest BCUT2D eigenvalue weighted by Gasteiger charge is -2.23. The summed E-state index contributed by atoms with van der Waals surface area (Å²) < 4.78 is 0. The van der Waals surface area contributed by atoms with Crippen LogP contribution in [0, 0.1) is 6.92 Å². The molecule has 21 heavy (non-hydrogen) atoms. The highest BCUT2D eigenvalue weighted by molar-refractivity contribution is 7.09. The number of rotatable bonds is 7. The SMILES string of the molecule is CCCNc1cc(N(Cc2cccs2)C2CC2)nc(C)n1. The van der Waals surface area contributed by atoms with Gasteiger partial charge in [-0.15, -0.1) is 11.3 Å². The Kier molecular flexibility index (Phi) is 4.39. The summed E-state index contributed by atoms with van der Waals surface area (Å²) in [5, 5.41) is 5.51. The first-order valence-corrected chi connectivity index (χ1v) is 8.53. The highest BCUT2D eigenvalue weighted by Crippen LogP contribution is 2.33. The third-order valence-corrected chi connectivity index (χ3v) is 4.43. The zero-order chi connectivity index (χ0) is 14.7. The Bertz CT molecular complexity index is 578. The van der Waals surface area contributed by atoms with Gasteiger partial charge in [0.1, 0.15) is 17.5 Å². The van der Waals surface area contributed by atoms with Crippen LogP contribution in [0.5, 0.6) is 0 Å². The lowest BCUT2D eigenvalue weighted by molar-refractivity contribution is 0.778. The predicted molar refractivity (Wildman–Crippen MR) is 89.1 cm³/mol. The average Bonchev–Trinajstić information content (AvgIpc) is 3.18. The van der Waals surface area contributed by atoms with E-state index in [1.165, 1.54) is 17.7 Å². The molecule has 0 aromatic carbocycles. The van der Waals surface area contributed by atoms with Crippen molar-refractivity contribution >= 4 is 23.0 Å². The average molecular weight is 302 g/mol. The predicted octanol–water partition coefficient (Wildman–Crippen LogP) is 3.84. The van der Waals surface area contributed by atoms with Gasteiger partial charge in [0.25, 0.3) is 0 Å². The number of aromatic nitrogens is 2. The van der Waals surface area contributed by atoms with Crippen LogP contribution >= 0.6 is 11.3 Å². The van der Waals surface area contributed by atoms with Crippen molar-refractivity contribution in [2.45, 2.75) is 45.7 Å². The van der Waals surface area contributed by atoms with Gasteiger partial charge < -0.3 is 10.2 Å². The molecule has 1 fully saturated rings. The molecule has 0 atom stereocenters. The molecule has 0 unspecified atom stereocenters. The molecular weight excluding hydrogens is 280 g/mol. The van der Waals surface area contributed by atoms with Crippen molar-refractivity contribution in [3.8, 4) is 0 Å². The standard InChI is InChI=1S/C16H22N4S/c1-3-8-17-15-10-16(19-12(2)18-15)20(13-6-7-13)11-14-5-4-9-21-14/h4-5,9-10,13H,3,6-8,11H2,1-2H3,(H,17,18,19). The molecule has 1 saturated carbocycles. The van der Waals surface area contributed by atoms with Gasteiger partial charge in [-0.1, -0.05) is 13.0 Å². The third kappa shape index (κ3) is 3.73. The second-order valence-corrected chi connectivity index (χ2v) is 6.56. The highest BCUT2D eigenvalue weighted by Gasteiger charge is 2.30. The fourth-order valence-electron chi connectivity index (χ4n) is 2.40. The van der Waals surface area contributed by atoms with Gasteiger partial charge >= 0.3 is 0 Å². The first kappa shape index (κ1) is 14.3. The largest absolute Gasteiger partial charge is 0.370 e. The van der Waals surface area contributed by atoms with E-state index in [4.69, 9.17) is 0 Å². The molecular formula is C16H22N4S. The van der Waals surface area contributed by atoms with E-state index in [1.807, 2.05) is 18.3 Å². The minimum atomic E-state index is 0.639. The van der Waals surface area contributed by atoms with Gasteiger partial charge in [0, 0.05) is 23.5 Å². The molecule has 0 saturated heterocycles. The summed E-state index contributed by atoms with van der Waals surface area (Å²) in [5.41, 5.74) is 0. The van der Waals surface area contributed by atoms with E-state index in [9.17, 15) is 0 Å². The molecule has 1 aliphatic carbocycles. The summed E-state index contributed by atoms with van der Waals surface area (Å²) in [6.07, 6.45) is 3.64. The second kappa shape index (κ2) is 6.43. The molecule has 0 radical (unpaired) electrons. The van der Waals surface area contributed by atoms with Crippen molar-refractivity contribution in [2.24, 2.45) is 0 Å². The summed E-state index contributed by atoms with van der Waals surface area (Å²) in [5.74, 6) is 2.83. The zero-order valence-corrected chi connectivity index (χ0v) is 13.5. The van der Waals surface area contributed by atoms with Crippen LogP contribution in [0.25, 0.3) is 0 Å².